The Balaban J connectivity index is 1.85. The summed E-state index contributed by atoms with van der Waals surface area (Å²) in [6, 6.07) is 23.5. The summed E-state index contributed by atoms with van der Waals surface area (Å²) in [4.78, 5) is 40.4. The van der Waals surface area contributed by atoms with Gasteiger partial charge in [0.1, 0.15) is 12.0 Å². The van der Waals surface area contributed by atoms with Gasteiger partial charge >= 0.3 is 0 Å². The fourth-order valence-corrected chi connectivity index (χ4v) is 4.52. The van der Waals surface area contributed by atoms with Crippen molar-refractivity contribution in [2.24, 2.45) is 0 Å². The van der Waals surface area contributed by atoms with Crippen LogP contribution in [0.15, 0.2) is 83.7 Å². The van der Waals surface area contributed by atoms with E-state index in [1.165, 1.54) is 11.5 Å². The van der Waals surface area contributed by atoms with Crippen LogP contribution < -0.4 is 16.2 Å². The summed E-state index contributed by atoms with van der Waals surface area (Å²) in [6.07, 6.45) is -0.602. The predicted octanol–water partition coefficient (Wildman–Crippen LogP) is 5.52. The van der Waals surface area contributed by atoms with Gasteiger partial charge in [0.05, 0.1) is 16.8 Å². The Labute approximate surface area is 207 Å². The lowest BCUT2D eigenvalue weighted by Gasteiger charge is -2.32. The molecule has 0 spiro atoms. The SMILES string of the molecule is CC(=O)c1c(-c2ccccc2)c2c(n(-c3ccc(C)cc3)c1=O)NC(c1ccc(Cl)cc1)NC2=O. The second-order valence-corrected chi connectivity index (χ2v) is 8.91. The number of Topliss-reactive ketones (excluding diaryl/α,β-unsaturated/α-hetero) is 1. The molecule has 1 aliphatic heterocycles. The second-order valence-electron chi connectivity index (χ2n) is 8.47. The van der Waals surface area contributed by atoms with E-state index in [2.05, 4.69) is 10.6 Å². The van der Waals surface area contributed by atoms with Crippen LogP contribution in [0.25, 0.3) is 16.8 Å². The van der Waals surface area contributed by atoms with Gasteiger partial charge in [0.25, 0.3) is 11.5 Å². The van der Waals surface area contributed by atoms with Gasteiger partial charge in [0.15, 0.2) is 5.78 Å². The van der Waals surface area contributed by atoms with E-state index in [4.69, 9.17) is 11.6 Å². The highest BCUT2D eigenvalue weighted by atomic mass is 35.5. The smallest absolute Gasteiger partial charge is 0.268 e. The number of aryl methyl sites for hydroxylation is 1. The molecule has 1 aliphatic rings. The van der Waals surface area contributed by atoms with Crippen molar-refractivity contribution in [2.75, 3.05) is 5.32 Å². The van der Waals surface area contributed by atoms with E-state index in [-0.39, 0.29) is 17.0 Å². The number of carbonyl (C=O) groups excluding carboxylic acids is 2. The Hall–Kier alpha value is -4.16. The summed E-state index contributed by atoms with van der Waals surface area (Å²) in [5.41, 5.74) is 3.00. The highest BCUT2D eigenvalue weighted by Crippen LogP contribution is 2.37. The summed E-state index contributed by atoms with van der Waals surface area (Å²) in [6.45, 7) is 3.30. The van der Waals surface area contributed by atoms with Crippen LogP contribution in [0.3, 0.4) is 0 Å². The molecule has 0 saturated carbocycles. The van der Waals surface area contributed by atoms with E-state index in [0.29, 0.717) is 27.7 Å². The summed E-state index contributed by atoms with van der Waals surface area (Å²) in [7, 11) is 0. The summed E-state index contributed by atoms with van der Waals surface area (Å²) < 4.78 is 1.42. The number of halogens is 1. The minimum Gasteiger partial charge on any atom is -0.347 e. The zero-order chi connectivity index (χ0) is 24.7. The molecule has 4 aromatic rings. The van der Waals surface area contributed by atoms with Crippen molar-refractivity contribution in [1.82, 2.24) is 9.88 Å². The van der Waals surface area contributed by atoms with Crippen LogP contribution in [-0.4, -0.2) is 16.3 Å². The topological polar surface area (TPSA) is 80.2 Å². The summed E-state index contributed by atoms with van der Waals surface area (Å²) >= 11 is 6.05. The Morgan fingerprint density at radius 3 is 2.14 bits per heavy atom. The molecule has 174 valence electrons. The maximum atomic E-state index is 13.9. The van der Waals surface area contributed by atoms with E-state index in [1.54, 1.807) is 36.4 Å². The third-order valence-corrected chi connectivity index (χ3v) is 6.32. The van der Waals surface area contributed by atoms with Crippen molar-refractivity contribution in [1.29, 1.82) is 0 Å². The van der Waals surface area contributed by atoms with Crippen molar-refractivity contribution < 1.29 is 9.59 Å². The lowest BCUT2D eigenvalue weighted by Crippen LogP contribution is -2.43. The predicted molar refractivity (Wildman–Crippen MR) is 137 cm³/mol. The number of anilines is 1. The molecule has 0 bridgehead atoms. The quantitative estimate of drug-likeness (QED) is 0.374. The fourth-order valence-electron chi connectivity index (χ4n) is 4.39. The third kappa shape index (κ3) is 4.02. The van der Waals surface area contributed by atoms with Crippen molar-refractivity contribution in [3.63, 3.8) is 0 Å². The zero-order valence-electron chi connectivity index (χ0n) is 19.1. The van der Waals surface area contributed by atoms with Gasteiger partial charge < -0.3 is 10.6 Å². The second kappa shape index (κ2) is 8.89. The minimum atomic E-state index is -0.602. The zero-order valence-corrected chi connectivity index (χ0v) is 19.9. The van der Waals surface area contributed by atoms with Gasteiger partial charge in [0.2, 0.25) is 0 Å². The van der Waals surface area contributed by atoms with Crippen molar-refractivity contribution in [3.8, 4) is 16.8 Å². The number of benzene rings is 3. The van der Waals surface area contributed by atoms with E-state index >= 15 is 0 Å². The minimum absolute atomic E-state index is 0.0302. The number of amides is 1. The first-order chi connectivity index (χ1) is 16.8. The number of ketones is 1. The maximum Gasteiger partial charge on any atom is 0.268 e. The molecule has 0 radical (unpaired) electrons. The fraction of sp³-hybridized carbons (Fsp3) is 0.107. The Morgan fingerprint density at radius 2 is 1.51 bits per heavy atom. The number of carbonyl (C=O) groups is 2. The Kier molecular flexibility index (Phi) is 5.75. The van der Waals surface area contributed by atoms with Crippen molar-refractivity contribution >= 4 is 29.1 Å². The maximum absolute atomic E-state index is 13.9. The first kappa shape index (κ1) is 22.6. The number of hydrogen-bond acceptors (Lipinski definition) is 4. The van der Waals surface area contributed by atoms with Crippen LogP contribution in [0, 0.1) is 6.92 Å². The lowest BCUT2D eigenvalue weighted by molar-refractivity contribution is 0.0935. The first-order valence-electron chi connectivity index (χ1n) is 11.1. The van der Waals surface area contributed by atoms with Crippen LogP contribution >= 0.6 is 11.6 Å². The molecule has 0 saturated heterocycles. The van der Waals surface area contributed by atoms with Crippen LogP contribution in [0.5, 0.6) is 0 Å². The average molecular weight is 484 g/mol. The molecule has 0 fully saturated rings. The number of hydrogen-bond donors (Lipinski definition) is 2. The number of nitrogens with zero attached hydrogens (tertiary/aromatic N) is 1. The van der Waals surface area contributed by atoms with Crippen LogP contribution in [0.1, 0.15) is 44.9 Å². The molecule has 1 unspecified atom stereocenters. The number of fused-ring (bicyclic) bond motifs is 1. The van der Waals surface area contributed by atoms with E-state index in [9.17, 15) is 14.4 Å². The van der Waals surface area contributed by atoms with Gasteiger partial charge in [0, 0.05) is 10.6 Å². The normalized spacial score (nSPS) is 14.6. The molecule has 1 amide bonds. The van der Waals surface area contributed by atoms with E-state index < -0.39 is 17.5 Å². The standard InChI is InChI=1S/C28H22ClN3O3/c1-16-8-14-21(15-9-16)32-26-24(27(34)31-25(30-26)19-10-12-20(29)13-11-19)23(18-6-4-3-5-7-18)22(17(2)33)28(32)35/h3-15,25,30H,1-2H3,(H,31,34). The van der Waals surface area contributed by atoms with Gasteiger partial charge in [-0.1, -0.05) is 71.8 Å². The summed E-state index contributed by atoms with van der Waals surface area (Å²) in [5, 5.41) is 6.89. The van der Waals surface area contributed by atoms with Crippen LogP contribution in [-0.2, 0) is 0 Å². The highest BCUT2D eigenvalue weighted by molar-refractivity contribution is 6.30. The van der Waals surface area contributed by atoms with Gasteiger partial charge in [-0.25, -0.2) is 0 Å². The Morgan fingerprint density at radius 1 is 0.857 bits per heavy atom. The molecule has 2 heterocycles. The number of nitrogens with one attached hydrogen (secondary N) is 2. The largest absolute Gasteiger partial charge is 0.347 e. The molecule has 35 heavy (non-hydrogen) atoms. The number of rotatable bonds is 4. The molecule has 6 nitrogen and oxygen atoms in total. The van der Waals surface area contributed by atoms with Gasteiger partial charge in [-0.3, -0.25) is 19.0 Å². The molecule has 0 aliphatic carbocycles. The van der Waals surface area contributed by atoms with Gasteiger partial charge in [-0.15, -0.1) is 0 Å². The molecule has 2 N–H and O–H groups in total. The highest BCUT2D eigenvalue weighted by Gasteiger charge is 2.34. The van der Waals surface area contributed by atoms with Gasteiger partial charge in [-0.05, 0) is 49.2 Å². The molecule has 3 aromatic carbocycles. The molecule has 7 heteroatoms. The molecule has 5 rings (SSSR count). The Bertz CT molecular complexity index is 1510. The average Bonchev–Trinajstić information content (AvgIpc) is 2.85. The lowest BCUT2D eigenvalue weighted by atomic mass is 9.91. The van der Waals surface area contributed by atoms with Crippen LogP contribution in [0.4, 0.5) is 5.82 Å². The molecule has 1 aromatic heterocycles. The van der Waals surface area contributed by atoms with Crippen molar-refractivity contribution in [3.05, 3.63) is 116 Å². The van der Waals surface area contributed by atoms with E-state index in [1.807, 2.05) is 49.4 Å². The molecule has 1 atom stereocenters. The third-order valence-electron chi connectivity index (χ3n) is 6.07. The molecular formula is C28H22ClN3O3. The number of aromatic nitrogens is 1. The van der Waals surface area contributed by atoms with Crippen LogP contribution in [0.2, 0.25) is 5.02 Å². The monoisotopic (exact) mass is 483 g/mol. The number of pyridine rings is 1. The first-order valence-corrected chi connectivity index (χ1v) is 11.5. The van der Waals surface area contributed by atoms with Crippen molar-refractivity contribution in [2.45, 2.75) is 20.0 Å². The van der Waals surface area contributed by atoms with Gasteiger partial charge in [-0.2, -0.15) is 0 Å². The summed E-state index contributed by atoms with van der Waals surface area (Å²) in [5.74, 6) is -0.475. The van der Waals surface area contributed by atoms with E-state index in [0.717, 1.165) is 11.1 Å². The molecular weight excluding hydrogens is 462 g/mol.